The Balaban J connectivity index is 1.69. The lowest BCUT2D eigenvalue weighted by molar-refractivity contribution is 0.0897. The zero-order valence-corrected chi connectivity index (χ0v) is 17.9. The number of hydrogen-bond acceptors (Lipinski definition) is 5. The fourth-order valence-electron chi connectivity index (χ4n) is 3.18. The van der Waals surface area contributed by atoms with E-state index in [1.807, 2.05) is 0 Å². The number of carbonyl (C=O) groups excluding carboxylic acids is 1. The molecule has 0 saturated carbocycles. The van der Waals surface area contributed by atoms with Gasteiger partial charge in [0.25, 0.3) is 0 Å². The Morgan fingerprint density at radius 1 is 1.27 bits per heavy atom. The van der Waals surface area contributed by atoms with Gasteiger partial charge in [0.15, 0.2) is 11.9 Å². The molecule has 10 heteroatoms. The molecule has 3 heterocycles. The highest BCUT2D eigenvalue weighted by Crippen LogP contribution is 2.29. The van der Waals surface area contributed by atoms with Gasteiger partial charge in [-0.3, -0.25) is 9.89 Å². The van der Waals surface area contributed by atoms with Crippen molar-refractivity contribution in [3.05, 3.63) is 41.7 Å². The van der Waals surface area contributed by atoms with Crippen molar-refractivity contribution in [2.75, 3.05) is 6.61 Å². The molecule has 7 nitrogen and oxygen atoms in total. The van der Waals surface area contributed by atoms with Crippen LogP contribution in [0.1, 0.15) is 10.4 Å². The molecule has 1 N–H and O–H groups in total. The summed E-state index contributed by atoms with van der Waals surface area (Å²) in [5, 5.41) is 6.79. The largest absolute Gasteiger partial charge is 0.361 e. The predicted molar refractivity (Wildman–Crippen MR) is 112 cm³/mol. The number of rotatable bonds is 7. The standard InChI is InChI=1S/C20H21F2N5O2Si/c1-30(2,3)5-4-29-11-27-9-12(10-28)18-20(27)23-8-16(24-18)19-17-14(22)6-13(21)7-15(17)25-26-19/h6-10H,4-5,11H2,1-3H3,(H,25,26). The molecule has 0 atom stereocenters. The molecule has 0 fully saturated rings. The maximum absolute atomic E-state index is 14.3. The van der Waals surface area contributed by atoms with Gasteiger partial charge in [-0.15, -0.1) is 0 Å². The van der Waals surface area contributed by atoms with E-state index in [-0.39, 0.29) is 29.0 Å². The van der Waals surface area contributed by atoms with Gasteiger partial charge < -0.3 is 9.30 Å². The number of halogens is 2. The van der Waals surface area contributed by atoms with E-state index in [1.54, 1.807) is 10.8 Å². The molecule has 4 aromatic rings. The second kappa shape index (κ2) is 7.69. The first kappa shape index (κ1) is 20.3. The van der Waals surface area contributed by atoms with Crippen LogP contribution in [0.5, 0.6) is 0 Å². The minimum atomic E-state index is -1.20. The topological polar surface area (TPSA) is 85.7 Å². The molecule has 0 saturated heterocycles. The Kier molecular flexibility index (Phi) is 5.20. The number of nitrogens with zero attached hydrogens (tertiary/aromatic N) is 4. The van der Waals surface area contributed by atoms with E-state index in [2.05, 4.69) is 39.8 Å². The van der Waals surface area contributed by atoms with Gasteiger partial charge in [0.05, 0.1) is 22.7 Å². The lowest BCUT2D eigenvalue weighted by Crippen LogP contribution is -2.22. The first-order valence-electron chi connectivity index (χ1n) is 9.49. The Bertz CT molecular complexity index is 1250. The second-order valence-corrected chi connectivity index (χ2v) is 14.0. The Labute approximate surface area is 172 Å². The zero-order chi connectivity index (χ0) is 21.5. The summed E-state index contributed by atoms with van der Waals surface area (Å²) >= 11 is 0. The lowest BCUT2D eigenvalue weighted by atomic mass is 10.1. The molecule has 3 aromatic heterocycles. The van der Waals surface area contributed by atoms with Crippen molar-refractivity contribution >= 4 is 36.4 Å². The molecule has 0 radical (unpaired) electrons. The minimum Gasteiger partial charge on any atom is -0.361 e. The molecule has 4 rings (SSSR count). The molecule has 0 aliphatic rings. The van der Waals surface area contributed by atoms with Gasteiger partial charge in [0.1, 0.15) is 35.3 Å². The number of hydrogen-bond donors (Lipinski definition) is 1. The van der Waals surface area contributed by atoms with Gasteiger partial charge in [-0.1, -0.05) is 19.6 Å². The first-order chi connectivity index (χ1) is 14.3. The number of H-pyrrole nitrogens is 1. The molecule has 1 aromatic carbocycles. The van der Waals surface area contributed by atoms with Crippen molar-refractivity contribution in [1.29, 1.82) is 0 Å². The summed E-state index contributed by atoms with van der Waals surface area (Å²) in [6, 6.07) is 2.98. The number of fused-ring (bicyclic) bond motifs is 2. The maximum Gasteiger partial charge on any atom is 0.161 e. The van der Waals surface area contributed by atoms with E-state index in [0.717, 1.165) is 18.2 Å². The molecule has 0 amide bonds. The fourth-order valence-corrected chi connectivity index (χ4v) is 3.93. The lowest BCUT2D eigenvalue weighted by Gasteiger charge is -2.15. The summed E-state index contributed by atoms with van der Waals surface area (Å²) in [7, 11) is -1.20. The van der Waals surface area contributed by atoms with Crippen LogP contribution >= 0.6 is 0 Å². The summed E-state index contributed by atoms with van der Waals surface area (Å²) in [6.07, 6.45) is 3.78. The van der Waals surface area contributed by atoms with E-state index in [4.69, 9.17) is 4.74 Å². The van der Waals surface area contributed by atoms with E-state index in [9.17, 15) is 13.6 Å². The van der Waals surface area contributed by atoms with Crippen LogP contribution in [-0.4, -0.2) is 45.7 Å². The van der Waals surface area contributed by atoms with Crippen LogP contribution in [-0.2, 0) is 11.5 Å². The summed E-state index contributed by atoms with van der Waals surface area (Å²) in [6.45, 7) is 7.70. The third-order valence-electron chi connectivity index (χ3n) is 4.77. The van der Waals surface area contributed by atoms with Crippen molar-refractivity contribution in [1.82, 2.24) is 24.7 Å². The molecular weight excluding hydrogens is 408 g/mol. The van der Waals surface area contributed by atoms with E-state index in [1.165, 1.54) is 6.20 Å². The average molecular weight is 430 g/mol. The molecular formula is C20H21F2N5O2Si. The Hall–Kier alpha value is -2.98. The van der Waals surface area contributed by atoms with Crippen LogP contribution in [0.25, 0.3) is 33.5 Å². The molecule has 156 valence electrons. The summed E-state index contributed by atoms with van der Waals surface area (Å²) in [5.41, 5.74) is 1.90. The van der Waals surface area contributed by atoms with Gasteiger partial charge in [0.2, 0.25) is 0 Å². The quantitative estimate of drug-likeness (QED) is 0.268. The van der Waals surface area contributed by atoms with Gasteiger partial charge in [0, 0.05) is 26.9 Å². The third kappa shape index (κ3) is 3.88. The van der Waals surface area contributed by atoms with Crippen LogP contribution in [0, 0.1) is 11.6 Å². The van der Waals surface area contributed by atoms with Gasteiger partial charge in [-0.2, -0.15) is 5.10 Å². The Morgan fingerprint density at radius 3 is 2.80 bits per heavy atom. The number of nitrogens with one attached hydrogen (secondary N) is 1. The number of carbonyl (C=O) groups is 1. The number of aromatic nitrogens is 5. The first-order valence-corrected chi connectivity index (χ1v) is 13.2. The number of aldehydes is 1. The number of benzene rings is 1. The Morgan fingerprint density at radius 2 is 2.07 bits per heavy atom. The molecule has 0 unspecified atom stereocenters. The molecule has 0 bridgehead atoms. The zero-order valence-electron chi connectivity index (χ0n) is 16.9. The highest BCUT2D eigenvalue weighted by molar-refractivity contribution is 6.76. The predicted octanol–water partition coefficient (Wildman–Crippen LogP) is 4.38. The van der Waals surface area contributed by atoms with Crippen molar-refractivity contribution in [2.45, 2.75) is 32.4 Å². The molecule has 0 aliphatic heterocycles. The van der Waals surface area contributed by atoms with Crippen LogP contribution in [0.15, 0.2) is 24.5 Å². The molecule has 0 aliphatic carbocycles. The monoisotopic (exact) mass is 429 g/mol. The van der Waals surface area contributed by atoms with E-state index < -0.39 is 19.7 Å². The van der Waals surface area contributed by atoms with Crippen molar-refractivity contribution in [2.24, 2.45) is 0 Å². The SMILES string of the molecule is C[Si](C)(C)CCOCn1cc(C=O)c2nc(-c3n[nH]c4cc(F)cc(F)c34)cnc21. The smallest absolute Gasteiger partial charge is 0.161 e. The number of aromatic amines is 1. The second-order valence-electron chi connectivity index (χ2n) is 8.33. The van der Waals surface area contributed by atoms with Crippen LogP contribution in [0.4, 0.5) is 8.78 Å². The molecule has 0 spiro atoms. The molecule has 30 heavy (non-hydrogen) atoms. The van der Waals surface area contributed by atoms with Crippen molar-refractivity contribution in [3.63, 3.8) is 0 Å². The van der Waals surface area contributed by atoms with Crippen LogP contribution in [0.2, 0.25) is 25.7 Å². The summed E-state index contributed by atoms with van der Waals surface area (Å²) in [4.78, 5) is 20.4. The van der Waals surface area contributed by atoms with E-state index >= 15 is 0 Å². The highest BCUT2D eigenvalue weighted by atomic mass is 28.3. The average Bonchev–Trinajstić information content (AvgIpc) is 3.25. The normalized spacial score (nSPS) is 12.2. The van der Waals surface area contributed by atoms with Gasteiger partial charge >= 0.3 is 0 Å². The highest BCUT2D eigenvalue weighted by Gasteiger charge is 2.19. The van der Waals surface area contributed by atoms with Crippen molar-refractivity contribution < 1.29 is 18.3 Å². The minimum absolute atomic E-state index is 0.117. The summed E-state index contributed by atoms with van der Waals surface area (Å²) in [5.74, 6) is -1.45. The van der Waals surface area contributed by atoms with Gasteiger partial charge in [-0.25, -0.2) is 18.7 Å². The van der Waals surface area contributed by atoms with Crippen molar-refractivity contribution in [3.8, 4) is 11.4 Å². The number of ether oxygens (including phenoxy) is 1. The maximum atomic E-state index is 14.3. The van der Waals surface area contributed by atoms with Crippen LogP contribution < -0.4 is 0 Å². The fraction of sp³-hybridized carbons (Fsp3) is 0.300. The third-order valence-corrected chi connectivity index (χ3v) is 6.47. The summed E-state index contributed by atoms with van der Waals surface area (Å²) < 4.78 is 35.3. The van der Waals surface area contributed by atoms with Crippen LogP contribution in [0.3, 0.4) is 0 Å². The van der Waals surface area contributed by atoms with E-state index in [0.29, 0.717) is 29.6 Å². The van der Waals surface area contributed by atoms with Gasteiger partial charge in [-0.05, 0) is 12.1 Å².